The molecule has 19 heavy (non-hydrogen) atoms. The van der Waals surface area contributed by atoms with Gasteiger partial charge in [0.2, 0.25) is 0 Å². The summed E-state index contributed by atoms with van der Waals surface area (Å²) in [6.07, 6.45) is -3.62. The Morgan fingerprint density at radius 1 is 1.32 bits per heavy atom. The highest BCUT2D eigenvalue weighted by Crippen LogP contribution is 2.47. The lowest BCUT2D eigenvalue weighted by Gasteiger charge is -2.05. The average molecular weight is 302 g/mol. The van der Waals surface area contributed by atoms with Gasteiger partial charge < -0.3 is 9.47 Å². The summed E-state index contributed by atoms with van der Waals surface area (Å²) in [5.41, 5.74) is 0.468. The first kappa shape index (κ1) is 12.6. The van der Waals surface area contributed by atoms with Gasteiger partial charge in [0, 0.05) is 0 Å². The number of hydrogen-bond donors (Lipinski definition) is 0. The average Bonchev–Trinajstić information content (AvgIpc) is 2.91. The molecule has 2 aromatic rings. The minimum atomic E-state index is -3.62. The van der Waals surface area contributed by atoms with E-state index in [0.29, 0.717) is 10.6 Å². The maximum absolute atomic E-state index is 13.1. The molecule has 4 nitrogen and oxygen atoms in total. The van der Waals surface area contributed by atoms with E-state index in [1.807, 2.05) is 6.92 Å². The molecular formula is C11H8F2N2O2S2. The highest BCUT2D eigenvalue weighted by atomic mass is 32.2. The van der Waals surface area contributed by atoms with Gasteiger partial charge in [-0.3, -0.25) is 0 Å². The largest absolute Gasteiger partial charge is 0.586 e. The van der Waals surface area contributed by atoms with Crippen molar-refractivity contribution >= 4 is 23.1 Å². The van der Waals surface area contributed by atoms with Crippen molar-refractivity contribution in [2.24, 2.45) is 0 Å². The Balaban J connectivity index is 2.00. The van der Waals surface area contributed by atoms with Crippen LogP contribution in [0.5, 0.6) is 11.5 Å². The van der Waals surface area contributed by atoms with Crippen LogP contribution in [0.25, 0.3) is 10.6 Å². The van der Waals surface area contributed by atoms with Crippen molar-refractivity contribution in [1.82, 2.24) is 10.2 Å². The van der Waals surface area contributed by atoms with Gasteiger partial charge in [-0.05, 0) is 17.9 Å². The summed E-state index contributed by atoms with van der Waals surface area (Å²) in [6.45, 7) is 2.00. The predicted octanol–water partition coefficient (Wildman–Crippen LogP) is 3.64. The van der Waals surface area contributed by atoms with E-state index in [2.05, 4.69) is 19.7 Å². The van der Waals surface area contributed by atoms with Gasteiger partial charge in [0.25, 0.3) is 0 Å². The molecular weight excluding hydrogens is 294 g/mol. The molecule has 0 fully saturated rings. The highest BCUT2D eigenvalue weighted by Gasteiger charge is 2.44. The first-order valence-electron chi connectivity index (χ1n) is 5.44. The lowest BCUT2D eigenvalue weighted by atomic mass is 10.2. The van der Waals surface area contributed by atoms with Crippen LogP contribution in [0.3, 0.4) is 0 Å². The molecule has 0 saturated heterocycles. The minimum Gasteiger partial charge on any atom is -0.395 e. The molecule has 100 valence electrons. The third-order valence-electron chi connectivity index (χ3n) is 2.33. The monoisotopic (exact) mass is 302 g/mol. The van der Waals surface area contributed by atoms with E-state index in [4.69, 9.17) is 0 Å². The summed E-state index contributed by atoms with van der Waals surface area (Å²) in [6, 6.07) is 4.71. The number of fused-ring (bicyclic) bond motifs is 1. The molecule has 0 spiro atoms. The Kier molecular flexibility index (Phi) is 3.06. The number of alkyl halides is 2. The van der Waals surface area contributed by atoms with Gasteiger partial charge in [-0.25, -0.2) is 0 Å². The number of para-hydroxylation sites is 1. The molecule has 3 rings (SSSR count). The Morgan fingerprint density at radius 2 is 2.16 bits per heavy atom. The standard InChI is InChI=1S/C11H8F2N2O2S2/c1-2-18-10-15-14-9(19-10)6-4-3-5-7-8(6)17-11(12,13)16-7/h3-5H,2H2,1H3. The van der Waals surface area contributed by atoms with Crippen molar-refractivity contribution in [2.75, 3.05) is 5.75 Å². The molecule has 1 aliphatic heterocycles. The van der Waals surface area contributed by atoms with Crippen LogP contribution in [0, 0.1) is 0 Å². The zero-order chi connectivity index (χ0) is 13.5. The van der Waals surface area contributed by atoms with Crippen molar-refractivity contribution in [3.63, 3.8) is 0 Å². The molecule has 0 atom stereocenters. The van der Waals surface area contributed by atoms with Crippen molar-refractivity contribution in [2.45, 2.75) is 17.6 Å². The van der Waals surface area contributed by atoms with Crippen LogP contribution < -0.4 is 9.47 Å². The smallest absolute Gasteiger partial charge is 0.395 e. The molecule has 0 saturated carbocycles. The van der Waals surface area contributed by atoms with Gasteiger partial charge in [-0.2, -0.15) is 0 Å². The first-order chi connectivity index (χ1) is 9.09. The Hall–Kier alpha value is -1.41. The van der Waals surface area contributed by atoms with E-state index in [1.165, 1.54) is 17.4 Å². The fourth-order valence-electron chi connectivity index (χ4n) is 1.64. The van der Waals surface area contributed by atoms with Crippen LogP contribution in [0.2, 0.25) is 0 Å². The number of nitrogens with zero attached hydrogens (tertiary/aromatic N) is 2. The van der Waals surface area contributed by atoms with Gasteiger partial charge in [0.05, 0.1) is 5.56 Å². The summed E-state index contributed by atoms with van der Waals surface area (Å²) in [7, 11) is 0. The van der Waals surface area contributed by atoms with Gasteiger partial charge >= 0.3 is 6.29 Å². The second kappa shape index (κ2) is 4.61. The first-order valence-corrected chi connectivity index (χ1v) is 7.25. The van der Waals surface area contributed by atoms with Crippen molar-refractivity contribution in [3.05, 3.63) is 18.2 Å². The lowest BCUT2D eigenvalue weighted by Crippen LogP contribution is -2.26. The van der Waals surface area contributed by atoms with Crippen LogP contribution in [-0.4, -0.2) is 22.2 Å². The van der Waals surface area contributed by atoms with Crippen molar-refractivity contribution in [1.29, 1.82) is 0 Å². The molecule has 1 aromatic heterocycles. The Bertz CT molecular complexity index is 618. The molecule has 8 heteroatoms. The van der Waals surface area contributed by atoms with E-state index in [1.54, 1.807) is 23.9 Å². The maximum Gasteiger partial charge on any atom is 0.586 e. The minimum absolute atomic E-state index is 0.0108. The van der Waals surface area contributed by atoms with Crippen LogP contribution in [-0.2, 0) is 0 Å². The molecule has 0 amide bonds. The fourth-order valence-corrected chi connectivity index (χ4v) is 3.41. The van der Waals surface area contributed by atoms with E-state index >= 15 is 0 Å². The number of benzene rings is 1. The molecule has 2 heterocycles. The summed E-state index contributed by atoms with van der Waals surface area (Å²) in [5, 5.41) is 8.53. The summed E-state index contributed by atoms with van der Waals surface area (Å²) in [4.78, 5) is 0. The molecule has 0 aliphatic carbocycles. The lowest BCUT2D eigenvalue weighted by molar-refractivity contribution is -0.286. The molecule has 1 aliphatic rings. The normalized spacial score (nSPS) is 15.7. The van der Waals surface area contributed by atoms with Gasteiger partial charge in [-0.1, -0.05) is 36.1 Å². The topological polar surface area (TPSA) is 44.2 Å². The van der Waals surface area contributed by atoms with Crippen molar-refractivity contribution < 1.29 is 18.3 Å². The van der Waals surface area contributed by atoms with Gasteiger partial charge in [0.15, 0.2) is 20.8 Å². The molecule has 0 radical (unpaired) electrons. The summed E-state index contributed by atoms with van der Waals surface area (Å²) < 4.78 is 35.9. The molecule has 0 unspecified atom stereocenters. The zero-order valence-corrected chi connectivity index (χ0v) is 11.4. The third-order valence-corrected chi connectivity index (χ3v) is 4.31. The Morgan fingerprint density at radius 3 is 2.95 bits per heavy atom. The summed E-state index contributed by atoms with van der Waals surface area (Å²) in [5.74, 6) is 0.901. The third kappa shape index (κ3) is 2.37. The Labute approximate surface area is 115 Å². The van der Waals surface area contributed by atoms with Crippen LogP contribution in [0.4, 0.5) is 8.78 Å². The van der Waals surface area contributed by atoms with Crippen LogP contribution >= 0.6 is 23.1 Å². The van der Waals surface area contributed by atoms with Gasteiger partial charge in [-0.15, -0.1) is 19.0 Å². The number of halogens is 2. The number of ether oxygens (including phenoxy) is 2. The molecule has 1 aromatic carbocycles. The van der Waals surface area contributed by atoms with Crippen LogP contribution in [0.15, 0.2) is 22.5 Å². The van der Waals surface area contributed by atoms with Crippen molar-refractivity contribution in [3.8, 4) is 22.1 Å². The maximum atomic E-state index is 13.1. The number of hydrogen-bond acceptors (Lipinski definition) is 6. The highest BCUT2D eigenvalue weighted by molar-refractivity contribution is 8.01. The fraction of sp³-hybridized carbons (Fsp3) is 0.273. The predicted molar refractivity (Wildman–Crippen MR) is 67.9 cm³/mol. The van der Waals surface area contributed by atoms with E-state index in [0.717, 1.165) is 10.1 Å². The number of thioether (sulfide) groups is 1. The van der Waals surface area contributed by atoms with Crippen LogP contribution in [0.1, 0.15) is 6.92 Å². The van der Waals surface area contributed by atoms with E-state index in [-0.39, 0.29) is 11.5 Å². The van der Waals surface area contributed by atoms with E-state index < -0.39 is 6.29 Å². The second-order valence-electron chi connectivity index (χ2n) is 3.61. The number of rotatable bonds is 3. The number of aromatic nitrogens is 2. The zero-order valence-electron chi connectivity index (χ0n) is 9.72. The quantitative estimate of drug-likeness (QED) is 0.810. The molecule has 0 bridgehead atoms. The summed E-state index contributed by atoms with van der Waals surface area (Å²) >= 11 is 2.89. The second-order valence-corrected chi connectivity index (χ2v) is 6.10. The van der Waals surface area contributed by atoms with E-state index in [9.17, 15) is 8.78 Å². The molecule has 0 N–H and O–H groups in total. The SMILES string of the molecule is CCSc1nnc(-c2cccc3c2OC(F)(F)O3)s1. The van der Waals surface area contributed by atoms with Gasteiger partial charge in [0.1, 0.15) is 0 Å².